The predicted octanol–water partition coefficient (Wildman–Crippen LogP) is 2.40. The van der Waals surface area contributed by atoms with Crippen molar-refractivity contribution in [1.82, 2.24) is 4.98 Å². The van der Waals surface area contributed by atoms with Crippen LogP contribution in [0.2, 0.25) is 0 Å². The van der Waals surface area contributed by atoms with Crippen LogP contribution >= 0.6 is 0 Å². The van der Waals surface area contributed by atoms with Gasteiger partial charge in [0.25, 0.3) is 0 Å². The van der Waals surface area contributed by atoms with Gasteiger partial charge in [-0.2, -0.15) is 0 Å². The van der Waals surface area contributed by atoms with E-state index in [1.54, 1.807) is 27.5 Å². The average Bonchev–Trinajstić information content (AvgIpc) is 2.52. The smallest absolute Gasteiger partial charge is 0.203 e. The largest absolute Gasteiger partial charge is 0.493 e. The highest BCUT2D eigenvalue weighted by molar-refractivity contribution is 5.94. The van der Waals surface area contributed by atoms with Crippen LogP contribution in [0.4, 0.5) is 0 Å². The van der Waals surface area contributed by atoms with Crippen LogP contribution in [0.25, 0.3) is 10.8 Å². The van der Waals surface area contributed by atoms with E-state index in [1.807, 2.05) is 12.1 Å². The third-order valence-corrected chi connectivity index (χ3v) is 3.60. The van der Waals surface area contributed by atoms with Crippen LogP contribution in [0, 0.1) is 5.92 Å². The first-order valence-electron chi connectivity index (χ1n) is 6.92. The van der Waals surface area contributed by atoms with Gasteiger partial charge in [0.15, 0.2) is 11.5 Å². The molecule has 0 aliphatic carbocycles. The zero-order valence-electron chi connectivity index (χ0n) is 13.0. The van der Waals surface area contributed by atoms with Crippen molar-refractivity contribution in [3.05, 3.63) is 24.0 Å². The molecule has 0 bridgehead atoms. The molecule has 0 saturated carbocycles. The van der Waals surface area contributed by atoms with Gasteiger partial charge in [-0.25, -0.2) is 0 Å². The summed E-state index contributed by atoms with van der Waals surface area (Å²) in [6.07, 6.45) is 2.60. The molecule has 1 aromatic heterocycles. The number of pyridine rings is 1. The summed E-state index contributed by atoms with van der Waals surface area (Å²) < 4.78 is 16.4. The summed E-state index contributed by atoms with van der Waals surface area (Å²) in [5.74, 6) is 2.26. The first-order valence-corrected chi connectivity index (χ1v) is 6.92. The summed E-state index contributed by atoms with van der Waals surface area (Å²) in [7, 11) is 4.84. The standard InChI is InChI=1S/C16H22N2O3/c1-10(9-17)7-13-12-8-14(19-2)16(21-4)15(20-3)11(12)5-6-18-13/h5-6,8,10H,7,9,17H2,1-4H3. The second-order valence-corrected chi connectivity index (χ2v) is 5.04. The molecule has 0 spiro atoms. The lowest BCUT2D eigenvalue weighted by atomic mass is 10.00. The minimum Gasteiger partial charge on any atom is -0.493 e. The van der Waals surface area contributed by atoms with E-state index >= 15 is 0 Å². The molecule has 1 aromatic carbocycles. The van der Waals surface area contributed by atoms with Crippen LogP contribution in [0.1, 0.15) is 12.6 Å². The summed E-state index contributed by atoms with van der Waals surface area (Å²) in [5, 5.41) is 1.97. The molecule has 0 aliphatic heterocycles. The molecule has 5 heteroatoms. The van der Waals surface area contributed by atoms with Crippen LogP contribution in [0.5, 0.6) is 17.2 Å². The Labute approximate surface area is 125 Å². The van der Waals surface area contributed by atoms with Gasteiger partial charge in [0.05, 0.1) is 21.3 Å². The first-order chi connectivity index (χ1) is 10.2. The van der Waals surface area contributed by atoms with Gasteiger partial charge in [0.1, 0.15) is 0 Å². The minimum atomic E-state index is 0.363. The topological polar surface area (TPSA) is 66.6 Å². The molecule has 1 atom stereocenters. The number of nitrogens with two attached hydrogens (primary N) is 1. The Balaban J connectivity index is 2.69. The molecule has 114 valence electrons. The Morgan fingerprint density at radius 1 is 1.10 bits per heavy atom. The summed E-state index contributed by atoms with van der Waals surface area (Å²) in [4.78, 5) is 4.49. The zero-order chi connectivity index (χ0) is 15.4. The highest BCUT2D eigenvalue weighted by atomic mass is 16.5. The minimum absolute atomic E-state index is 0.363. The Morgan fingerprint density at radius 2 is 1.81 bits per heavy atom. The second-order valence-electron chi connectivity index (χ2n) is 5.04. The highest BCUT2D eigenvalue weighted by Gasteiger charge is 2.18. The maximum absolute atomic E-state index is 5.72. The molecule has 0 saturated heterocycles. The van der Waals surface area contributed by atoms with Crippen molar-refractivity contribution in [1.29, 1.82) is 0 Å². The monoisotopic (exact) mass is 290 g/mol. The van der Waals surface area contributed by atoms with Crippen molar-refractivity contribution in [2.24, 2.45) is 11.7 Å². The highest BCUT2D eigenvalue weighted by Crippen LogP contribution is 2.43. The van der Waals surface area contributed by atoms with Crippen molar-refractivity contribution in [2.75, 3.05) is 27.9 Å². The molecule has 2 aromatic rings. The van der Waals surface area contributed by atoms with Gasteiger partial charge < -0.3 is 19.9 Å². The van der Waals surface area contributed by atoms with Crippen molar-refractivity contribution in [3.63, 3.8) is 0 Å². The van der Waals surface area contributed by atoms with E-state index in [1.165, 1.54) is 0 Å². The Morgan fingerprint density at radius 3 is 2.38 bits per heavy atom. The van der Waals surface area contributed by atoms with E-state index in [2.05, 4.69) is 11.9 Å². The van der Waals surface area contributed by atoms with Crippen LogP contribution in [-0.4, -0.2) is 32.9 Å². The number of rotatable bonds is 6. The fourth-order valence-electron chi connectivity index (χ4n) is 2.43. The average molecular weight is 290 g/mol. The molecule has 1 unspecified atom stereocenters. The molecule has 0 aliphatic rings. The lowest BCUT2D eigenvalue weighted by Crippen LogP contribution is -2.14. The van der Waals surface area contributed by atoms with E-state index in [0.29, 0.717) is 29.7 Å². The molecular formula is C16H22N2O3. The van der Waals surface area contributed by atoms with E-state index in [-0.39, 0.29) is 0 Å². The molecule has 21 heavy (non-hydrogen) atoms. The number of methoxy groups -OCH3 is 3. The molecule has 0 fully saturated rings. The molecule has 2 N–H and O–H groups in total. The van der Waals surface area contributed by atoms with Gasteiger partial charge in [-0.3, -0.25) is 4.98 Å². The molecule has 5 nitrogen and oxygen atoms in total. The van der Waals surface area contributed by atoms with E-state index in [4.69, 9.17) is 19.9 Å². The van der Waals surface area contributed by atoms with Crippen LogP contribution in [-0.2, 0) is 6.42 Å². The molecule has 1 heterocycles. The Bertz CT molecular complexity index is 628. The number of aromatic nitrogens is 1. The second kappa shape index (κ2) is 6.63. The quantitative estimate of drug-likeness (QED) is 0.885. The summed E-state index contributed by atoms with van der Waals surface area (Å²) in [6, 6.07) is 3.87. The SMILES string of the molecule is COc1cc2c(CC(C)CN)nccc2c(OC)c1OC. The Hall–Kier alpha value is -2.01. The number of hydrogen-bond donors (Lipinski definition) is 1. The molecule has 0 radical (unpaired) electrons. The lowest BCUT2D eigenvalue weighted by Gasteiger charge is -2.17. The van der Waals surface area contributed by atoms with Gasteiger partial charge in [0.2, 0.25) is 5.75 Å². The van der Waals surface area contributed by atoms with Gasteiger partial charge in [-0.05, 0) is 31.0 Å². The van der Waals surface area contributed by atoms with Gasteiger partial charge in [0, 0.05) is 22.7 Å². The zero-order valence-corrected chi connectivity index (χ0v) is 13.0. The molecule has 0 amide bonds. The van der Waals surface area contributed by atoms with Crippen molar-refractivity contribution in [2.45, 2.75) is 13.3 Å². The third-order valence-electron chi connectivity index (χ3n) is 3.60. The molecular weight excluding hydrogens is 268 g/mol. The van der Waals surface area contributed by atoms with Crippen LogP contribution in [0.3, 0.4) is 0 Å². The fourth-order valence-corrected chi connectivity index (χ4v) is 2.43. The van der Waals surface area contributed by atoms with E-state index < -0.39 is 0 Å². The van der Waals surface area contributed by atoms with Crippen molar-refractivity contribution >= 4 is 10.8 Å². The third kappa shape index (κ3) is 2.88. The summed E-state index contributed by atoms with van der Waals surface area (Å²) >= 11 is 0. The number of ether oxygens (including phenoxy) is 3. The molecule has 2 rings (SSSR count). The van der Waals surface area contributed by atoms with Crippen molar-refractivity contribution in [3.8, 4) is 17.2 Å². The maximum atomic E-state index is 5.72. The van der Waals surface area contributed by atoms with Gasteiger partial charge >= 0.3 is 0 Å². The van der Waals surface area contributed by atoms with Crippen LogP contribution in [0.15, 0.2) is 18.3 Å². The fraction of sp³-hybridized carbons (Fsp3) is 0.438. The summed E-state index contributed by atoms with van der Waals surface area (Å²) in [5.41, 5.74) is 6.72. The van der Waals surface area contributed by atoms with Crippen LogP contribution < -0.4 is 19.9 Å². The predicted molar refractivity (Wildman–Crippen MR) is 83.3 cm³/mol. The van der Waals surface area contributed by atoms with E-state index in [9.17, 15) is 0 Å². The normalized spacial score (nSPS) is 12.2. The lowest BCUT2D eigenvalue weighted by molar-refractivity contribution is 0.327. The summed E-state index contributed by atoms with van der Waals surface area (Å²) in [6.45, 7) is 2.74. The number of nitrogens with zero attached hydrogens (tertiary/aromatic N) is 1. The number of fused-ring (bicyclic) bond motifs is 1. The van der Waals surface area contributed by atoms with Gasteiger partial charge in [-0.1, -0.05) is 6.92 Å². The van der Waals surface area contributed by atoms with E-state index in [0.717, 1.165) is 22.9 Å². The first kappa shape index (κ1) is 15.4. The number of benzene rings is 1. The maximum Gasteiger partial charge on any atom is 0.203 e. The van der Waals surface area contributed by atoms with Crippen molar-refractivity contribution < 1.29 is 14.2 Å². The van der Waals surface area contributed by atoms with Gasteiger partial charge in [-0.15, -0.1) is 0 Å². The Kier molecular flexibility index (Phi) is 4.85. The number of hydrogen-bond acceptors (Lipinski definition) is 5.